The van der Waals surface area contributed by atoms with Crippen LogP contribution >= 0.6 is 0 Å². The number of carbonyl (C=O) groups is 1. The highest BCUT2D eigenvalue weighted by molar-refractivity contribution is 7.90. The summed E-state index contributed by atoms with van der Waals surface area (Å²) in [6, 6.07) is 15.1. The Morgan fingerprint density at radius 3 is 1.96 bits per heavy atom. The Labute approximate surface area is 136 Å². The zero-order valence-corrected chi connectivity index (χ0v) is 14.1. The second-order valence-electron chi connectivity index (χ2n) is 6.07. The van der Waals surface area contributed by atoms with E-state index in [9.17, 15) is 13.2 Å². The van der Waals surface area contributed by atoms with Crippen LogP contribution in [-0.4, -0.2) is 14.3 Å². The summed E-state index contributed by atoms with van der Waals surface area (Å²) in [5.74, 6) is 0.614. The second kappa shape index (κ2) is 6.42. The van der Waals surface area contributed by atoms with Crippen LogP contribution in [0.5, 0.6) is 11.5 Å². The maximum atomic E-state index is 12.2. The number of benzene rings is 2. The van der Waals surface area contributed by atoms with Crippen LogP contribution in [0.4, 0.5) is 0 Å². The highest BCUT2D eigenvalue weighted by Gasteiger charge is 2.26. The van der Waals surface area contributed by atoms with E-state index in [0.29, 0.717) is 11.5 Å². The van der Waals surface area contributed by atoms with Crippen LogP contribution in [0, 0.1) is 5.41 Å². The van der Waals surface area contributed by atoms with Gasteiger partial charge in [-0.25, -0.2) is 13.1 Å². The number of nitrogens with one attached hydrogen (secondary N) is 1. The minimum Gasteiger partial charge on any atom is -0.457 e. The standard InChI is InChI=1S/C17H19NO4S/c1-17(2,3)16(19)18-23(20,21)15-11-9-14(10-12-15)22-13-7-5-4-6-8-13/h4-12H,1-3H3,(H,18,19). The van der Waals surface area contributed by atoms with Crippen molar-refractivity contribution in [1.29, 1.82) is 0 Å². The molecule has 0 heterocycles. The third-order valence-corrected chi connectivity index (χ3v) is 4.37. The summed E-state index contributed by atoms with van der Waals surface area (Å²) >= 11 is 0. The molecule has 2 aromatic carbocycles. The van der Waals surface area contributed by atoms with Gasteiger partial charge in [-0.3, -0.25) is 4.79 Å². The van der Waals surface area contributed by atoms with Gasteiger partial charge in [0.15, 0.2) is 0 Å². The molecule has 2 rings (SSSR count). The van der Waals surface area contributed by atoms with Gasteiger partial charge in [-0.2, -0.15) is 0 Å². The molecule has 0 unspecified atom stereocenters. The molecule has 23 heavy (non-hydrogen) atoms. The van der Waals surface area contributed by atoms with Crippen LogP contribution in [-0.2, 0) is 14.8 Å². The van der Waals surface area contributed by atoms with Gasteiger partial charge in [0, 0.05) is 5.41 Å². The van der Waals surface area contributed by atoms with E-state index < -0.39 is 21.3 Å². The Kier molecular flexibility index (Phi) is 4.75. The van der Waals surface area contributed by atoms with Gasteiger partial charge >= 0.3 is 0 Å². The van der Waals surface area contributed by atoms with Crippen LogP contribution in [0.1, 0.15) is 20.8 Å². The molecule has 0 fully saturated rings. The van der Waals surface area contributed by atoms with Crippen molar-refractivity contribution in [3.05, 3.63) is 54.6 Å². The molecule has 0 saturated carbocycles. The monoisotopic (exact) mass is 333 g/mol. The van der Waals surface area contributed by atoms with Crippen LogP contribution in [0.3, 0.4) is 0 Å². The van der Waals surface area contributed by atoms with E-state index >= 15 is 0 Å². The fourth-order valence-corrected chi connectivity index (χ4v) is 2.81. The Balaban J connectivity index is 2.14. The summed E-state index contributed by atoms with van der Waals surface area (Å²) in [5, 5.41) is 0. The Hall–Kier alpha value is -2.34. The maximum Gasteiger partial charge on any atom is 0.264 e. The second-order valence-corrected chi connectivity index (χ2v) is 7.75. The van der Waals surface area contributed by atoms with E-state index in [2.05, 4.69) is 4.72 Å². The smallest absolute Gasteiger partial charge is 0.264 e. The van der Waals surface area contributed by atoms with Crippen molar-refractivity contribution in [2.75, 3.05) is 0 Å². The molecule has 0 saturated heterocycles. The van der Waals surface area contributed by atoms with Gasteiger partial charge in [0.1, 0.15) is 11.5 Å². The Morgan fingerprint density at radius 1 is 0.913 bits per heavy atom. The lowest BCUT2D eigenvalue weighted by Crippen LogP contribution is -2.38. The molecular weight excluding hydrogens is 314 g/mol. The summed E-state index contributed by atoms with van der Waals surface area (Å²) in [7, 11) is -3.89. The first-order valence-electron chi connectivity index (χ1n) is 7.09. The Morgan fingerprint density at radius 2 is 1.43 bits per heavy atom. The van der Waals surface area contributed by atoms with Crippen LogP contribution in [0.2, 0.25) is 0 Å². The summed E-state index contributed by atoms with van der Waals surface area (Å²) in [6.45, 7) is 4.94. The van der Waals surface area contributed by atoms with E-state index in [1.165, 1.54) is 12.1 Å². The lowest BCUT2D eigenvalue weighted by atomic mass is 9.96. The normalized spacial score (nSPS) is 11.8. The zero-order chi connectivity index (χ0) is 17.1. The predicted octanol–water partition coefficient (Wildman–Crippen LogP) is 3.33. The number of rotatable bonds is 4. The van der Waals surface area contributed by atoms with Crippen LogP contribution < -0.4 is 9.46 Å². The van der Waals surface area contributed by atoms with Crippen LogP contribution in [0.25, 0.3) is 0 Å². The third-order valence-electron chi connectivity index (χ3n) is 3.02. The van der Waals surface area contributed by atoms with Gasteiger partial charge in [-0.15, -0.1) is 0 Å². The molecule has 5 nitrogen and oxygen atoms in total. The highest BCUT2D eigenvalue weighted by atomic mass is 32.2. The number of para-hydroxylation sites is 1. The fourth-order valence-electron chi connectivity index (χ4n) is 1.65. The van der Waals surface area contributed by atoms with Crippen molar-refractivity contribution in [3.8, 4) is 11.5 Å². The molecule has 0 aliphatic rings. The summed E-state index contributed by atoms with van der Waals surface area (Å²) in [4.78, 5) is 11.9. The fraction of sp³-hybridized carbons (Fsp3) is 0.235. The van der Waals surface area contributed by atoms with Crippen molar-refractivity contribution < 1.29 is 17.9 Å². The molecule has 0 aliphatic heterocycles. The summed E-state index contributed by atoms with van der Waals surface area (Å²) in [6.07, 6.45) is 0. The van der Waals surface area contributed by atoms with Gasteiger partial charge in [0.05, 0.1) is 4.90 Å². The Bertz CT molecular complexity index is 776. The minimum atomic E-state index is -3.89. The molecule has 0 aliphatic carbocycles. The predicted molar refractivity (Wildman–Crippen MR) is 87.7 cm³/mol. The molecule has 0 atom stereocenters. The van der Waals surface area contributed by atoms with Crippen LogP contribution in [0.15, 0.2) is 59.5 Å². The average Bonchev–Trinajstić information content (AvgIpc) is 2.47. The van der Waals surface area contributed by atoms with E-state index in [1.807, 2.05) is 18.2 Å². The number of sulfonamides is 1. The molecular formula is C17H19NO4S. The number of amides is 1. The molecule has 0 radical (unpaired) electrons. The summed E-state index contributed by atoms with van der Waals surface area (Å²) < 4.78 is 32.0. The first-order chi connectivity index (χ1) is 10.7. The number of carbonyl (C=O) groups excluding carboxylic acids is 1. The number of hydrogen-bond acceptors (Lipinski definition) is 4. The molecule has 2 aromatic rings. The van der Waals surface area contributed by atoms with Gasteiger partial charge in [-0.1, -0.05) is 39.0 Å². The molecule has 6 heteroatoms. The van der Waals surface area contributed by atoms with Gasteiger partial charge in [0.2, 0.25) is 5.91 Å². The molecule has 1 N–H and O–H groups in total. The maximum absolute atomic E-state index is 12.2. The van der Waals surface area contributed by atoms with Crippen molar-refractivity contribution in [2.24, 2.45) is 5.41 Å². The molecule has 0 spiro atoms. The quantitative estimate of drug-likeness (QED) is 0.931. The van der Waals surface area contributed by atoms with Gasteiger partial charge in [-0.05, 0) is 36.4 Å². The lowest BCUT2D eigenvalue weighted by molar-refractivity contribution is -0.126. The number of ether oxygens (including phenoxy) is 1. The third kappa shape index (κ3) is 4.56. The van der Waals surface area contributed by atoms with Crippen molar-refractivity contribution in [3.63, 3.8) is 0 Å². The first kappa shape index (κ1) is 17.0. The first-order valence-corrected chi connectivity index (χ1v) is 8.57. The molecule has 122 valence electrons. The zero-order valence-electron chi connectivity index (χ0n) is 13.2. The van der Waals surface area contributed by atoms with Crippen molar-refractivity contribution in [2.45, 2.75) is 25.7 Å². The highest BCUT2D eigenvalue weighted by Crippen LogP contribution is 2.23. The van der Waals surface area contributed by atoms with Gasteiger partial charge in [0.25, 0.3) is 10.0 Å². The molecule has 1 amide bonds. The van der Waals surface area contributed by atoms with E-state index in [4.69, 9.17) is 4.74 Å². The average molecular weight is 333 g/mol. The summed E-state index contributed by atoms with van der Waals surface area (Å²) in [5.41, 5.74) is -0.788. The topological polar surface area (TPSA) is 72.5 Å². The van der Waals surface area contributed by atoms with Gasteiger partial charge < -0.3 is 4.74 Å². The van der Waals surface area contributed by atoms with Crippen molar-refractivity contribution in [1.82, 2.24) is 4.72 Å². The molecule has 0 bridgehead atoms. The SMILES string of the molecule is CC(C)(C)C(=O)NS(=O)(=O)c1ccc(Oc2ccccc2)cc1. The van der Waals surface area contributed by atoms with E-state index in [1.54, 1.807) is 45.0 Å². The number of hydrogen-bond donors (Lipinski definition) is 1. The largest absolute Gasteiger partial charge is 0.457 e. The van der Waals surface area contributed by atoms with E-state index in [-0.39, 0.29) is 4.90 Å². The lowest BCUT2D eigenvalue weighted by Gasteiger charge is -2.17. The van der Waals surface area contributed by atoms with E-state index in [0.717, 1.165) is 0 Å². The molecule has 0 aromatic heterocycles. The van der Waals surface area contributed by atoms with Crippen molar-refractivity contribution >= 4 is 15.9 Å². The minimum absolute atomic E-state index is 0.00973.